The van der Waals surface area contributed by atoms with Crippen molar-refractivity contribution in [2.75, 3.05) is 11.4 Å². The Kier molecular flexibility index (Phi) is 5.52. The van der Waals surface area contributed by atoms with E-state index >= 15 is 4.39 Å². The summed E-state index contributed by atoms with van der Waals surface area (Å²) in [6.45, 7) is 11.2. The van der Waals surface area contributed by atoms with Gasteiger partial charge in [-0.1, -0.05) is 23.8 Å². The van der Waals surface area contributed by atoms with Gasteiger partial charge in [0.2, 0.25) is 0 Å². The van der Waals surface area contributed by atoms with Crippen LogP contribution in [0.1, 0.15) is 44.4 Å². The summed E-state index contributed by atoms with van der Waals surface area (Å²) in [5.41, 5.74) is 5.11. The van der Waals surface area contributed by atoms with Gasteiger partial charge < -0.3 is 10.2 Å². The summed E-state index contributed by atoms with van der Waals surface area (Å²) < 4.78 is 15.1. The van der Waals surface area contributed by atoms with Crippen molar-refractivity contribution < 1.29 is 9.18 Å². The first kappa shape index (κ1) is 21.4. The zero-order valence-electron chi connectivity index (χ0n) is 18.4. The number of thioether (sulfide) groups is 1. The van der Waals surface area contributed by atoms with E-state index in [1.807, 2.05) is 44.2 Å². The van der Waals surface area contributed by atoms with Gasteiger partial charge in [0, 0.05) is 23.4 Å². The number of nitrogens with zero attached hydrogens (tertiary/aromatic N) is 2. The normalized spacial score (nSPS) is 20.1. The molecule has 1 saturated heterocycles. The van der Waals surface area contributed by atoms with Crippen molar-refractivity contribution in [3.8, 4) is 0 Å². The fourth-order valence-corrected chi connectivity index (χ4v) is 4.99. The van der Waals surface area contributed by atoms with E-state index in [1.165, 1.54) is 11.8 Å². The predicted molar refractivity (Wildman–Crippen MR) is 129 cm³/mol. The van der Waals surface area contributed by atoms with Gasteiger partial charge in [0.15, 0.2) is 5.17 Å². The molecular formula is C25H26FN3OS. The largest absolute Gasteiger partial charge is 0.363 e. The topological polar surface area (TPSA) is 44.7 Å². The molecule has 31 heavy (non-hydrogen) atoms. The van der Waals surface area contributed by atoms with E-state index in [-0.39, 0.29) is 17.3 Å². The summed E-state index contributed by atoms with van der Waals surface area (Å²) in [6.07, 6.45) is 3.81. The number of benzene rings is 2. The average molecular weight is 436 g/mol. The Morgan fingerprint density at radius 2 is 1.90 bits per heavy atom. The number of hydrogen-bond acceptors (Lipinski definition) is 4. The first-order valence-corrected chi connectivity index (χ1v) is 11.2. The predicted octanol–water partition coefficient (Wildman–Crippen LogP) is 6.05. The van der Waals surface area contributed by atoms with Crippen LogP contribution < -0.4 is 10.2 Å². The zero-order chi connectivity index (χ0) is 22.3. The number of amides is 1. The number of halogens is 1. The molecule has 1 N–H and O–H groups in total. The van der Waals surface area contributed by atoms with Gasteiger partial charge in [-0.15, -0.1) is 0 Å². The number of carbonyl (C=O) groups excluding carboxylic acids is 1. The molecule has 2 aromatic rings. The van der Waals surface area contributed by atoms with Gasteiger partial charge in [-0.25, -0.2) is 9.38 Å². The van der Waals surface area contributed by atoms with Gasteiger partial charge in [-0.3, -0.25) is 4.79 Å². The van der Waals surface area contributed by atoms with E-state index in [0.29, 0.717) is 15.6 Å². The minimum atomic E-state index is -0.340. The second-order valence-corrected chi connectivity index (χ2v) is 9.46. The van der Waals surface area contributed by atoms with Crippen molar-refractivity contribution in [2.24, 2.45) is 4.99 Å². The monoisotopic (exact) mass is 435 g/mol. The van der Waals surface area contributed by atoms with Crippen molar-refractivity contribution in [1.82, 2.24) is 5.32 Å². The molecule has 2 aromatic carbocycles. The van der Waals surface area contributed by atoms with Crippen LogP contribution in [0.15, 0.2) is 52.4 Å². The molecule has 0 bridgehead atoms. The SMILES string of the molecule is CCN1c2cc(F)c(/C=C3/SC(=Nc4ccc(C)cc4)NC3=O)cc2C(C)=CC1(C)C. The Hall–Kier alpha value is -2.86. The van der Waals surface area contributed by atoms with E-state index in [9.17, 15) is 4.79 Å². The number of nitrogens with one attached hydrogen (secondary N) is 1. The highest BCUT2D eigenvalue weighted by atomic mass is 32.2. The fourth-order valence-electron chi connectivity index (χ4n) is 4.16. The zero-order valence-corrected chi connectivity index (χ0v) is 19.2. The van der Waals surface area contributed by atoms with Gasteiger partial charge in [-0.2, -0.15) is 0 Å². The highest BCUT2D eigenvalue weighted by Gasteiger charge is 2.31. The molecule has 0 atom stereocenters. The third-order valence-electron chi connectivity index (χ3n) is 5.61. The molecule has 0 unspecified atom stereocenters. The Balaban J connectivity index is 1.67. The van der Waals surface area contributed by atoms with E-state index in [2.05, 4.69) is 42.1 Å². The van der Waals surface area contributed by atoms with E-state index in [4.69, 9.17) is 0 Å². The third kappa shape index (κ3) is 4.17. The van der Waals surface area contributed by atoms with Gasteiger partial charge in [0.1, 0.15) is 5.82 Å². The fraction of sp³-hybridized carbons (Fsp3) is 0.280. The molecule has 2 aliphatic rings. The summed E-state index contributed by atoms with van der Waals surface area (Å²) in [6, 6.07) is 11.2. The number of rotatable bonds is 3. The molecule has 4 rings (SSSR count). The maximum atomic E-state index is 15.1. The smallest absolute Gasteiger partial charge is 0.264 e. The molecule has 160 valence electrons. The molecule has 2 aliphatic heterocycles. The molecule has 1 fully saturated rings. The molecule has 0 aromatic heterocycles. The standard InChI is InChI=1S/C25H26FN3OS/c1-6-29-21-13-20(26)17(11-19(21)16(3)14-25(29,4)5)12-22-23(30)28-24(31-22)27-18-9-7-15(2)8-10-18/h7-14H,6H2,1-5H3,(H,27,28,30)/b22-12+. The highest BCUT2D eigenvalue weighted by Crippen LogP contribution is 2.40. The van der Waals surface area contributed by atoms with Crippen LogP contribution in [0.3, 0.4) is 0 Å². The molecule has 1 amide bonds. The number of anilines is 1. The second kappa shape index (κ2) is 8.00. The Labute approximate surface area is 186 Å². The molecule has 0 spiro atoms. The number of likely N-dealkylation sites (N-methyl/N-ethyl adjacent to an activating group) is 1. The van der Waals surface area contributed by atoms with Gasteiger partial charge >= 0.3 is 0 Å². The lowest BCUT2D eigenvalue weighted by molar-refractivity contribution is -0.115. The van der Waals surface area contributed by atoms with Crippen molar-refractivity contribution in [2.45, 2.75) is 40.2 Å². The summed E-state index contributed by atoms with van der Waals surface area (Å²) in [4.78, 5) is 19.6. The second-order valence-electron chi connectivity index (χ2n) is 8.43. The number of fused-ring (bicyclic) bond motifs is 1. The van der Waals surface area contributed by atoms with Crippen LogP contribution in [0.4, 0.5) is 15.8 Å². The van der Waals surface area contributed by atoms with E-state index < -0.39 is 0 Å². The highest BCUT2D eigenvalue weighted by molar-refractivity contribution is 8.18. The summed E-state index contributed by atoms with van der Waals surface area (Å²) >= 11 is 1.22. The number of allylic oxidation sites excluding steroid dienone is 1. The average Bonchev–Trinajstić information content (AvgIpc) is 3.03. The number of aliphatic imine (C=N–C) groups is 1. The van der Waals surface area contributed by atoms with Crippen molar-refractivity contribution in [3.63, 3.8) is 0 Å². The summed E-state index contributed by atoms with van der Waals surface area (Å²) in [5.74, 6) is -0.607. The third-order valence-corrected chi connectivity index (χ3v) is 6.52. The Bertz CT molecular complexity index is 1150. The van der Waals surface area contributed by atoms with Gasteiger partial charge in [0.25, 0.3) is 5.91 Å². The van der Waals surface area contributed by atoms with Crippen LogP contribution in [0, 0.1) is 12.7 Å². The van der Waals surface area contributed by atoms with Gasteiger partial charge in [0.05, 0.1) is 16.1 Å². The van der Waals surface area contributed by atoms with Crippen LogP contribution in [-0.2, 0) is 4.79 Å². The van der Waals surface area contributed by atoms with Gasteiger partial charge in [-0.05, 0) is 82.3 Å². The molecule has 0 saturated carbocycles. The lowest BCUT2D eigenvalue weighted by atomic mass is 9.88. The first-order valence-electron chi connectivity index (χ1n) is 10.3. The Morgan fingerprint density at radius 3 is 2.58 bits per heavy atom. The molecule has 0 radical (unpaired) electrons. The number of aryl methyl sites for hydroxylation is 1. The molecule has 6 heteroatoms. The molecule has 2 heterocycles. The van der Waals surface area contributed by atoms with E-state index in [0.717, 1.165) is 34.6 Å². The van der Waals surface area contributed by atoms with Crippen LogP contribution in [-0.4, -0.2) is 23.2 Å². The molecule has 4 nitrogen and oxygen atoms in total. The lowest BCUT2D eigenvalue weighted by Crippen LogP contribution is -2.45. The minimum absolute atomic E-state index is 0.180. The Morgan fingerprint density at radius 1 is 1.19 bits per heavy atom. The van der Waals surface area contributed by atoms with Crippen LogP contribution in [0.2, 0.25) is 0 Å². The number of carbonyl (C=O) groups is 1. The van der Waals surface area contributed by atoms with Crippen LogP contribution >= 0.6 is 11.8 Å². The number of hydrogen-bond donors (Lipinski definition) is 1. The van der Waals surface area contributed by atoms with Crippen LogP contribution in [0.5, 0.6) is 0 Å². The minimum Gasteiger partial charge on any atom is -0.363 e. The lowest BCUT2D eigenvalue weighted by Gasteiger charge is -2.42. The first-order chi connectivity index (χ1) is 14.7. The van der Waals surface area contributed by atoms with Crippen molar-refractivity contribution in [3.05, 3.63) is 69.9 Å². The maximum Gasteiger partial charge on any atom is 0.264 e. The van der Waals surface area contributed by atoms with Crippen molar-refractivity contribution >= 4 is 45.9 Å². The summed E-state index contributed by atoms with van der Waals surface area (Å²) in [7, 11) is 0. The summed E-state index contributed by atoms with van der Waals surface area (Å²) in [5, 5.41) is 3.26. The quantitative estimate of drug-likeness (QED) is 0.597. The molecule has 0 aliphatic carbocycles. The van der Waals surface area contributed by atoms with E-state index in [1.54, 1.807) is 12.1 Å². The molecular weight excluding hydrogens is 409 g/mol. The van der Waals surface area contributed by atoms with Crippen molar-refractivity contribution in [1.29, 1.82) is 0 Å². The maximum absolute atomic E-state index is 15.1. The number of amidine groups is 1. The van der Waals surface area contributed by atoms with Crippen LogP contribution in [0.25, 0.3) is 11.6 Å².